The van der Waals surface area contributed by atoms with E-state index in [-0.39, 0.29) is 6.42 Å². The predicted octanol–water partition coefficient (Wildman–Crippen LogP) is 1.49. The van der Waals surface area contributed by atoms with Gasteiger partial charge in [-0.05, 0) is 25.3 Å². The molecule has 0 saturated carbocycles. The van der Waals surface area contributed by atoms with Crippen molar-refractivity contribution < 1.29 is 9.90 Å². The molecule has 0 aliphatic heterocycles. The summed E-state index contributed by atoms with van der Waals surface area (Å²) in [5, 5.41) is 11.7. The van der Waals surface area contributed by atoms with Gasteiger partial charge in [0.25, 0.3) is 0 Å². The molecule has 0 aliphatic rings. The van der Waals surface area contributed by atoms with Crippen LogP contribution in [0.2, 0.25) is 0 Å². The van der Waals surface area contributed by atoms with Crippen LogP contribution in [0.5, 0.6) is 0 Å². The summed E-state index contributed by atoms with van der Waals surface area (Å²) in [6, 6.07) is 0. The Balaban J connectivity index is 3.23. The molecule has 3 heteroatoms. The Kier molecular flexibility index (Phi) is 7.96. The summed E-state index contributed by atoms with van der Waals surface area (Å²) in [5.74, 6) is 2.31. The third-order valence-electron chi connectivity index (χ3n) is 2.11. The van der Waals surface area contributed by atoms with Gasteiger partial charge in [-0.25, -0.2) is 0 Å². The Hall–Kier alpha value is -1.01. The van der Waals surface area contributed by atoms with Gasteiger partial charge in [0, 0.05) is 19.4 Å². The van der Waals surface area contributed by atoms with E-state index in [4.69, 9.17) is 11.5 Å². The van der Waals surface area contributed by atoms with E-state index in [1.165, 1.54) is 0 Å². The fourth-order valence-corrected chi connectivity index (χ4v) is 1.15. The molecule has 1 unspecified atom stereocenters. The number of carboxylic acids is 1. The van der Waals surface area contributed by atoms with E-state index in [0.717, 1.165) is 32.4 Å². The number of aliphatic carboxylic acids is 1. The van der Waals surface area contributed by atoms with Gasteiger partial charge in [0.05, 0.1) is 0 Å². The molecule has 0 aromatic carbocycles. The number of nitrogens with one attached hydrogen (secondary N) is 1. The minimum atomic E-state index is -0.711. The molecule has 0 rings (SSSR count). The lowest BCUT2D eigenvalue weighted by Crippen LogP contribution is -2.18. The molecule has 0 heterocycles. The average molecular weight is 197 g/mol. The van der Waals surface area contributed by atoms with E-state index >= 15 is 0 Å². The van der Waals surface area contributed by atoms with Crippen molar-refractivity contribution in [2.45, 2.75) is 32.6 Å². The minimum absolute atomic E-state index is 0.269. The van der Waals surface area contributed by atoms with E-state index in [2.05, 4.69) is 18.2 Å². The van der Waals surface area contributed by atoms with Crippen LogP contribution < -0.4 is 5.32 Å². The van der Waals surface area contributed by atoms with Crippen molar-refractivity contribution in [2.75, 3.05) is 13.1 Å². The molecule has 0 aromatic heterocycles. The van der Waals surface area contributed by atoms with Crippen molar-refractivity contribution in [3.63, 3.8) is 0 Å². The van der Waals surface area contributed by atoms with Gasteiger partial charge >= 0.3 is 5.97 Å². The zero-order valence-corrected chi connectivity index (χ0v) is 8.75. The van der Waals surface area contributed by atoms with Crippen molar-refractivity contribution in [3.8, 4) is 12.3 Å². The van der Waals surface area contributed by atoms with Crippen molar-refractivity contribution in [2.24, 2.45) is 5.92 Å². The molecule has 0 fully saturated rings. The fraction of sp³-hybridized carbons (Fsp3) is 0.727. The highest BCUT2D eigenvalue weighted by Crippen LogP contribution is 2.08. The van der Waals surface area contributed by atoms with E-state index in [1.807, 2.05) is 0 Å². The van der Waals surface area contributed by atoms with E-state index in [9.17, 15) is 4.79 Å². The second kappa shape index (κ2) is 8.58. The van der Waals surface area contributed by atoms with Crippen molar-refractivity contribution in [3.05, 3.63) is 0 Å². The highest BCUT2D eigenvalue weighted by atomic mass is 16.4. The van der Waals surface area contributed by atoms with Gasteiger partial charge in [-0.15, -0.1) is 12.3 Å². The van der Waals surface area contributed by atoms with Gasteiger partial charge in [-0.2, -0.15) is 0 Å². The zero-order valence-electron chi connectivity index (χ0n) is 8.75. The third kappa shape index (κ3) is 9.08. The topological polar surface area (TPSA) is 49.3 Å². The van der Waals surface area contributed by atoms with Crippen LogP contribution in [0.3, 0.4) is 0 Å². The van der Waals surface area contributed by atoms with E-state index in [1.54, 1.807) is 0 Å². The molecule has 0 aromatic rings. The number of carbonyl (C=O) groups is 1. The monoisotopic (exact) mass is 197 g/mol. The van der Waals surface area contributed by atoms with Crippen LogP contribution in [-0.4, -0.2) is 24.2 Å². The number of terminal acetylenes is 1. The first kappa shape index (κ1) is 13.0. The number of hydrogen-bond acceptors (Lipinski definition) is 2. The maximum Gasteiger partial charge on any atom is 0.303 e. The van der Waals surface area contributed by atoms with Crippen LogP contribution in [0.1, 0.15) is 32.6 Å². The van der Waals surface area contributed by atoms with Crippen LogP contribution in [0.15, 0.2) is 0 Å². The normalized spacial score (nSPS) is 12.0. The van der Waals surface area contributed by atoms with E-state index in [0.29, 0.717) is 5.92 Å². The van der Waals surface area contributed by atoms with Gasteiger partial charge in [0.15, 0.2) is 0 Å². The molecule has 0 radical (unpaired) electrons. The van der Waals surface area contributed by atoms with Crippen LogP contribution >= 0.6 is 0 Å². The highest BCUT2D eigenvalue weighted by Gasteiger charge is 2.04. The first-order valence-corrected chi connectivity index (χ1v) is 5.02. The molecule has 0 bridgehead atoms. The fourth-order valence-electron chi connectivity index (χ4n) is 1.15. The lowest BCUT2D eigenvalue weighted by molar-refractivity contribution is -0.137. The standard InChI is InChI=1S/C11H19NO2/c1-3-4-8-12-9-7-10(2)5-6-11(13)14/h1,10,12H,4-9H2,2H3,(H,13,14). The highest BCUT2D eigenvalue weighted by molar-refractivity contribution is 5.66. The number of rotatable bonds is 8. The summed E-state index contributed by atoms with van der Waals surface area (Å²) >= 11 is 0. The Morgan fingerprint density at radius 2 is 2.21 bits per heavy atom. The summed E-state index contributed by atoms with van der Waals surface area (Å²) in [7, 11) is 0. The molecular formula is C11H19NO2. The summed E-state index contributed by atoms with van der Waals surface area (Å²) in [6.07, 6.45) is 7.89. The third-order valence-corrected chi connectivity index (χ3v) is 2.11. The van der Waals surface area contributed by atoms with Gasteiger partial charge in [-0.3, -0.25) is 4.79 Å². The molecule has 80 valence electrons. The second-order valence-corrected chi connectivity index (χ2v) is 3.53. The molecule has 14 heavy (non-hydrogen) atoms. The van der Waals surface area contributed by atoms with Gasteiger partial charge < -0.3 is 10.4 Å². The number of carboxylic acid groups (broad SMARTS) is 1. The maximum atomic E-state index is 10.3. The molecule has 1 atom stereocenters. The lowest BCUT2D eigenvalue weighted by atomic mass is 10.0. The van der Waals surface area contributed by atoms with Crippen molar-refractivity contribution in [1.82, 2.24) is 5.32 Å². The smallest absolute Gasteiger partial charge is 0.303 e. The maximum absolute atomic E-state index is 10.3. The van der Waals surface area contributed by atoms with Crippen molar-refractivity contribution >= 4 is 5.97 Å². The van der Waals surface area contributed by atoms with Crippen LogP contribution in [0.4, 0.5) is 0 Å². The van der Waals surface area contributed by atoms with Crippen LogP contribution in [0, 0.1) is 18.3 Å². The van der Waals surface area contributed by atoms with Gasteiger partial charge in [0.1, 0.15) is 0 Å². The minimum Gasteiger partial charge on any atom is -0.481 e. The molecular weight excluding hydrogens is 178 g/mol. The predicted molar refractivity (Wildman–Crippen MR) is 57.0 cm³/mol. The summed E-state index contributed by atoms with van der Waals surface area (Å²) < 4.78 is 0. The Labute approximate surface area is 85.9 Å². The molecule has 0 spiro atoms. The first-order chi connectivity index (χ1) is 6.66. The molecule has 0 aliphatic carbocycles. The van der Waals surface area contributed by atoms with Crippen LogP contribution in [0.25, 0.3) is 0 Å². The SMILES string of the molecule is C#CCCNCCC(C)CCC(=O)O. The largest absolute Gasteiger partial charge is 0.481 e. The van der Waals surface area contributed by atoms with Gasteiger partial charge in [0.2, 0.25) is 0 Å². The van der Waals surface area contributed by atoms with Crippen molar-refractivity contribution in [1.29, 1.82) is 0 Å². The molecule has 0 amide bonds. The quantitative estimate of drug-likeness (QED) is 0.458. The van der Waals surface area contributed by atoms with Gasteiger partial charge in [-0.1, -0.05) is 6.92 Å². The lowest BCUT2D eigenvalue weighted by Gasteiger charge is -2.09. The Bertz CT molecular complexity index is 196. The Morgan fingerprint density at radius 3 is 2.79 bits per heavy atom. The summed E-state index contributed by atoms with van der Waals surface area (Å²) in [4.78, 5) is 10.3. The van der Waals surface area contributed by atoms with E-state index < -0.39 is 5.97 Å². The molecule has 2 N–H and O–H groups in total. The molecule has 0 saturated heterocycles. The molecule has 3 nitrogen and oxygen atoms in total. The van der Waals surface area contributed by atoms with Crippen LogP contribution in [-0.2, 0) is 4.79 Å². The first-order valence-electron chi connectivity index (χ1n) is 5.02. The summed E-state index contributed by atoms with van der Waals surface area (Å²) in [6.45, 7) is 3.84. The Morgan fingerprint density at radius 1 is 1.50 bits per heavy atom. The summed E-state index contributed by atoms with van der Waals surface area (Å²) in [5.41, 5.74) is 0. The second-order valence-electron chi connectivity index (χ2n) is 3.53. The zero-order chi connectivity index (χ0) is 10.8. The number of hydrogen-bond donors (Lipinski definition) is 2. The average Bonchev–Trinajstić information content (AvgIpc) is 2.14.